The lowest BCUT2D eigenvalue weighted by molar-refractivity contribution is -0.119. The number of aromatic carboxylic acids is 1. The summed E-state index contributed by atoms with van der Waals surface area (Å²) in [5, 5.41) is 47.6. The molecule has 65 heavy (non-hydrogen) atoms. The second kappa shape index (κ2) is 19.8. The van der Waals surface area contributed by atoms with Gasteiger partial charge in [-0.05, 0) is 90.4 Å². The predicted molar refractivity (Wildman–Crippen MR) is 233 cm³/mol. The van der Waals surface area contributed by atoms with E-state index in [1.807, 2.05) is 6.07 Å². The van der Waals surface area contributed by atoms with Crippen LogP contribution in [0.25, 0.3) is 17.2 Å². The molecule has 0 spiro atoms. The number of carbonyl (C=O) groups excluding carboxylic acids is 5. The zero-order chi connectivity index (χ0) is 46.9. The fraction of sp³-hybridized carbons (Fsp3) is 0.149. The molecule has 6 rings (SSSR count). The zero-order valence-electron chi connectivity index (χ0n) is 34.7. The van der Waals surface area contributed by atoms with E-state index in [1.54, 1.807) is 55.5 Å². The van der Waals surface area contributed by atoms with Crippen LogP contribution in [0.15, 0.2) is 110 Å². The van der Waals surface area contributed by atoms with Crippen LogP contribution >= 0.6 is 0 Å². The lowest BCUT2D eigenvalue weighted by Crippen LogP contribution is -2.25. The Hall–Kier alpha value is -8.98. The van der Waals surface area contributed by atoms with Crippen molar-refractivity contribution in [2.75, 3.05) is 30.2 Å². The quantitative estimate of drug-likeness (QED) is 0.0398. The van der Waals surface area contributed by atoms with Crippen molar-refractivity contribution in [1.82, 2.24) is 0 Å². The summed E-state index contributed by atoms with van der Waals surface area (Å²) in [4.78, 5) is 88.5. The molecule has 0 aliphatic heterocycles. The summed E-state index contributed by atoms with van der Waals surface area (Å²) in [7, 11) is 2.35. The van der Waals surface area contributed by atoms with Crippen LogP contribution in [0.2, 0.25) is 0 Å². The van der Waals surface area contributed by atoms with E-state index in [0.29, 0.717) is 22.3 Å². The first kappa shape index (κ1) is 45.5. The molecule has 5 aromatic carbocycles. The minimum absolute atomic E-state index is 0.0145. The van der Waals surface area contributed by atoms with Crippen molar-refractivity contribution >= 4 is 69.6 Å². The number of carboxylic acid groups (broad SMARTS) is 1. The lowest BCUT2D eigenvalue weighted by atomic mass is 9.94. The van der Waals surface area contributed by atoms with Crippen LogP contribution in [-0.2, 0) is 16.0 Å². The maximum Gasteiger partial charge on any atom is 0.519 e. The van der Waals surface area contributed by atoms with Gasteiger partial charge in [-0.25, -0.2) is 9.59 Å². The molecule has 0 radical (unpaired) electrons. The molecule has 0 saturated heterocycles. The van der Waals surface area contributed by atoms with Crippen molar-refractivity contribution in [2.24, 2.45) is 5.92 Å². The maximum atomic E-state index is 13.3. The van der Waals surface area contributed by atoms with Gasteiger partial charge in [-0.2, -0.15) is 5.26 Å². The number of Topliss-reactive ketones (excluding diaryl/α,β-unsaturated/α-hetero) is 2. The number of benzene rings is 5. The normalized spacial score (nSPS) is 11.5. The number of phenols is 2. The lowest BCUT2D eigenvalue weighted by Gasteiger charge is -2.16. The molecule has 0 unspecified atom stereocenters. The molecule has 0 saturated carbocycles. The van der Waals surface area contributed by atoms with Crippen LogP contribution < -0.4 is 31.2 Å². The molecule has 18 heteroatoms. The maximum absolute atomic E-state index is 13.3. The molecule has 1 heterocycles. The molecule has 18 nitrogen and oxygen atoms in total. The third kappa shape index (κ3) is 10.6. The Morgan fingerprint density at radius 1 is 0.738 bits per heavy atom. The van der Waals surface area contributed by atoms with Crippen molar-refractivity contribution in [3.8, 4) is 29.1 Å². The van der Waals surface area contributed by atoms with E-state index < -0.39 is 58.3 Å². The van der Waals surface area contributed by atoms with Crippen molar-refractivity contribution in [3.63, 3.8) is 0 Å². The Morgan fingerprint density at radius 3 is 1.94 bits per heavy atom. The molecule has 0 aliphatic rings. The highest BCUT2D eigenvalue weighted by Crippen LogP contribution is 2.40. The number of hydrogen-bond acceptors (Lipinski definition) is 14. The second-order valence-electron chi connectivity index (χ2n) is 14.3. The monoisotopic (exact) mass is 882 g/mol. The van der Waals surface area contributed by atoms with Crippen molar-refractivity contribution in [3.05, 3.63) is 141 Å². The Labute approximate surface area is 368 Å². The summed E-state index contributed by atoms with van der Waals surface area (Å²) in [6.07, 6.45) is 1.16. The summed E-state index contributed by atoms with van der Waals surface area (Å²) in [6, 6.07) is 23.5. The van der Waals surface area contributed by atoms with Crippen LogP contribution in [0.1, 0.15) is 72.3 Å². The summed E-state index contributed by atoms with van der Waals surface area (Å²) in [5.74, 6) is -7.97. The number of carboxylic acids is 1. The van der Waals surface area contributed by atoms with E-state index in [0.717, 1.165) is 13.2 Å². The van der Waals surface area contributed by atoms with Gasteiger partial charge < -0.3 is 49.6 Å². The van der Waals surface area contributed by atoms with E-state index in [4.69, 9.17) is 18.3 Å². The third-order valence-corrected chi connectivity index (χ3v) is 10.0. The number of ketones is 2. The minimum Gasteiger partial charge on any atom is -0.504 e. The van der Waals surface area contributed by atoms with Crippen LogP contribution in [0.4, 0.5) is 17.1 Å². The van der Waals surface area contributed by atoms with Gasteiger partial charge >= 0.3 is 11.8 Å². The van der Waals surface area contributed by atoms with Crippen LogP contribution in [-0.4, -0.2) is 64.8 Å². The second-order valence-corrected chi connectivity index (χ2v) is 14.3. The number of hydrogen-bond donors (Lipinski definition) is 6. The van der Waals surface area contributed by atoms with Gasteiger partial charge in [-0.1, -0.05) is 30.3 Å². The number of phenolic OH excluding ortho intramolecular Hbond substituents is 1. The van der Waals surface area contributed by atoms with Gasteiger partial charge in [0, 0.05) is 36.1 Å². The molecule has 0 bridgehead atoms. The average molecular weight is 883 g/mol. The highest BCUT2D eigenvalue weighted by molar-refractivity contribution is 6.10. The van der Waals surface area contributed by atoms with E-state index in [2.05, 4.69) is 16.0 Å². The summed E-state index contributed by atoms with van der Waals surface area (Å²) in [6.45, 7) is 1.66. The van der Waals surface area contributed by atoms with E-state index >= 15 is 0 Å². The molecule has 1 aromatic heterocycles. The molecular weight excluding hydrogens is 845 g/mol. The molecule has 1 atom stereocenters. The molecular formula is C47H38N4O14. The number of nitrogens with zero attached hydrogens (tertiary/aromatic N) is 1. The van der Waals surface area contributed by atoms with Gasteiger partial charge in [-0.3, -0.25) is 24.0 Å². The van der Waals surface area contributed by atoms with Crippen molar-refractivity contribution < 1.29 is 62.4 Å². The van der Waals surface area contributed by atoms with Crippen molar-refractivity contribution in [1.29, 1.82) is 5.26 Å². The first-order valence-corrected chi connectivity index (χ1v) is 19.4. The molecule has 6 aromatic rings. The van der Waals surface area contributed by atoms with Gasteiger partial charge in [0.15, 0.2) is 45.7 Å². The van der Waals surface area contributed by atoms with Crippen molar-refractivity contribution in [2.45, 2.75) is 26.2 Å². The number of allylic oxidation sites excluding steroid dienone is 1. The first-order valence-electron chi connectivity index (χ1n) is 19.4. The number of carbonyl (C=O) groups is 6. The Balaban J connectivity index is 1.04. The zero-order valence-corrected chi connectivity index (χ0v) is 34.7. The number of rotatable bonds is 17. The number of methoxy groups -OCH3 is 2. The SMILES string of the molecule is COc1c(NC(=O)c2ccc(NC(=O)c3ccc(NC(=O)[C@H](CC#N)CC(=O)c4ccc(CC(=O)/C(C)=C/c5ccc6oc(=O)oc6c5)cc4)cc3)c(OC)c2O)ccc(C(=O)O)c1O. The third-order valence-electron chi connectivity index (χ3n) is 10.0. The van der Waals surface area contributed by atoms with Crippen LogP contribution in [0.3, 0.4) is 0 Å². The van der Waals surface area contributed by atoms with Gasteiger partial charge in [-0.15, -0.1) is 0 Å². The molecule has 330 valence electrons. The number of nitriles is 1. The van der Waals surface area contributed by atoms with Crippen LogP contribution in [0, 0.1) is 17.2 Å². The standard InChI is InChI=1S/C47H38N4O14/c1-24(20-26-6-17-37-38(22-26)65-47(61)64-37)35(52)21-25-4-7-27(8-5-25)36(53)23-29(18-19-48)44(57)49-30-11-9-28(10-12-30)43(56)50-33-15-13-31(39(54)41(33)62-2)45(58)51-34-16-14-32(46(59)60)40(55)42(34)63-3/h4-17,20,22,29,54-55H,18,21,23H2,1-3H3,(H,49,57)(H,50,56)(H,51,58)(H,59,60)/b24-20+/t29-/m1/s1. The summed E-state index contributed by atoms with van der Waals surface area (Å²) < 4.78 is 20.2. The predicted octanol–water partition coefficient (Wildman–Crippen LogP) is 6.97. The number of fused-ring (bicyclic) bond motifs is 1. The van der Waals surface area contributed by atoms with Crippen LogP contribution in [0.5, 0.6) is 23.0 Å². The van der Waals surface area contributed by atoms with Gasteiger partial charge in [0.1, 0.15) is 5.56 Å². The Morgan fingerprint density at radius 2 is 1.32 bits per heavy atom. The number of aromatic hydroxyl groups is 2. The molecule has 0 aliphatic carbocycles. The average Bonchev–Trinajstić information content (AvgIpc) is 3.65. The van der Waals surface area contributed by atoms with Gasteiger partial charge in [0.2, 0.25) is 5.91 Å². The minimum atomic E-state index is -1.43. The number of ether oxygens (including phenoxy) is 2. The highest BCUT2D eigenvalue weighted by atomic mass is 16.6. The fourth-order valence-electron chi connectivity index (χ4n) is 6.59. The van der Waals surface area contributed by atoms with E-state index in [1.165, 1.54) is 49.6 Å². The summed E-state index contributed by atoms with van der Waals surface area (Å²) in [5.41, 5.74) is 2.07. The van der Waals surface area contributed by atoms with Gasteiger partial charge in [0.25, 0.3) is 11.8 Å². The number of nitrogens with one attached hydrogen (secondary N) is 3. The van der Waals surface area contributed by atoms with E-state index in [9.17, 15) is 54.1 Å². The topological polar surface area (TPSA) is 285 Å². The smallest absolute Gasteiger partial charge is 0.504 e. The highest BCUT2D eigenvalue weighted by Gasteiger charge is 2.25. The Bertz CT molecular complexity index is 3000. The first-order chi connectivity index (χ1) is 31.1. The Kier molecular flexibility index (Phi) is 13.9. The molecule has 6 N–H and O–H groups in total. The number of amides is 3. The fourth-order valence-corrected chi connectivity index (χ4v) is 6.59. The summed E-state index contributed by atoms with van der Waals surface area (Å²) >= 11 is 0. The van der Waals surface area contributed by atoms with E-state index in [-0.39, 0.29) is 75.9 Å². The largest absolute Gasteiger partial charge is 0.519 e. The molecule has 3 amide bonds. The molecule has 0 fully saturated rings. The number of anilines is 3. The van der Waals surface area contributed by atoms with Gasteiger partial charge in [0.05, 0.1) is 43.1 Å².